The number of halogens is 1. The molecule has 0 saturated carbocycles. The second kappa shape index (κ2) is 7.75. The fourth-order valence-corrected chi connectivity index (χ4v) is 3.30. The van der Waals surface area contributed by atoms with Crippen LogP contribution in [-0.4, -0.2) is 50.5 Å². The third kappa shape index (κ3) is 3.85. The number of nitrogens with zero attached hydrogens (tertiary/aromatic N) is 5. The Morgan fingerprint density at radius 3 is 2.86 bits per heavy atom. The normalized spacial score (nSPS) is 16.4. The second-order valence-electron chi connectivity index (χ2n) is 6.82. The van der Waals surface area contributed by atoms with Gasteiger partial charge in [0.25, 0.3) is 5.91 Å². The largest absolute Gasteiger partial charge is 0.476 e. The van der Waals surface area contributed by atoms with Crippen LogP contribution in [-0.2, 0) is 7.05 Å². The van der Waals surface area contributed by atoms with E-state index in [1.807, 2.05) is 4.90 Å². The molecule has 0 N–H and O–H groups in total. The van der Waals surface area contributed by atoms with Crippen LogP contribution in [0.15, 0.2) is 48.7 Å². The monoisotopic (exact) mass is 381 g/mol. The summed E-state index contributed by atoms with van der Waals surface area (Å²) in [5, 5.41) is 12.2. The molecule has 1 aliphatic heterocycles. The van der Waals surface area contributed by atoms with Gasteiger partial charge >= 0.3 is 0 Å². The Balaban J connectivity index is 1.32. The molecule has 0 radical (unpaired) electrons. The number of ether oxygens (including phenoxy) is 1. The molecule has 4 rings (SSSR count). The zero-order valence-electron chi connectivity index (χ0n) is 15.5. The van der Waals surface area contributed by atoms with Gasteiger partial charge in [0.05, 0.1) is 12.3 Å². The van der Waals surface area contributed by atoms with Gasteiger partial charge in [-0.05, 0) is 30.7 Å². The lowest BCUT2D eigenvalue weighted by atomic mass is 10.1. The van der Waals surface area contributed by atoms with Crippen LogP contribution < -0.4 is 4.74 Å². The van der Waals surface area contributed by atoms with E-state index in [0.29, 0.717) is 42.5 Å². The average Bonchev–Trinajstić information content (AvgIpc) is 3.35. The fraction of sp³-hybridized carbons (Fsp3) is 0.300. The van der Waals surface area contributed by atoms with Gasteiger partial charge in [0.2, 0.25) is 5.88 Å². The van der Waals surface area contributed by atoms with Gasteiger partial charge < -0.3 is 9.64 Å². The average molecular weight is 381 g/mol. The minimum Gasteiger partial charge on any atom is -0.476 e. The maximum Gasteiger partial charge on any atom is 0.272 e. The molecule has 7 nitrogen and oxygen atoms in total. The summed E-state index contributed by atoms with van der Waals surface area (Å²) in [6.07, 6.45) is 2.49. The zero-order valence-corrected chi connectivity index (χ0v) is 15.5. The number of benzene rings is 1. The predicted octanol–water partition coefficient (Wildman–Crippen LogP) is 2.56. The van der Waals surface area contributed by atoms with Crippen LogP contribution in [0.2, 0.25) is 0 Å². The van der Waals surface area contributed by atoms with Crippen LogP contribution in [0, 0.1) is 11.7 Å². The summed E-state index contributed by atoms with van der Waals surface area (Å²) in [4.78, 5) is 14.3. The summed E-state index contributed by atoms with van der Waals surface area (Å²) in [5.74, 6) is 0.325. The minimum absolute atomic E-state index is 0.0123. The van der Waals surface area contributed by atoms with E-state index in [9.17, 15) is 9.18 Å². The Bertz CT molecular complexity index is 973. The second-order valence-corrected chi connectivity index (χ2v) is 6.82. The van der Waals surface area contributed by atoms with E-state index in [1.165, 1.54) is 12.1 Å². The number of hydrogen-bond acceptors (Lipinski definition) is 5. The first-order valence-corrected chi connectivity index (χ1v) is 9.10. The Hall–Kier alpha value is -3.29. The summed E-state index contributed by atoms with van der Waals surface area (Å²) in [6, 6.07) is 11.4. The maximum absolute atomic E-state index is 13.3. The minimum atomic E-state index is -0.314. The van der Waals surface area contributed by atoms with Gasteiger partial charge in [0.15, 0.2) is 0 Å². The number of aryl methyl sites for hydroxylation is 1. The number of carbonyl (C=O) groups excluding carboxylic acids is 1. The summed E-state index contributed by atoms with van der Waals surface area (Å²) < 4.78 is 20.6. The number of amides is 1. The Kier molecular flexibility index (Phi) is 5.01. The molecule has 1 atom stereocenters. The molecule has 28 heavy (non-hydrogen) atoms. The third-order valence-electron chi connectivity index (χ3n) is 4.84. The van der Waals surface area contributed by atoms with Crippen LogP contribution in [0.4, 0.5) is 4.39 Å². The lowest BCUT2D eigenvalue weighted by Crippen LogP contribution is -2.31. The van der Waals surface area contributed by atoms with Crippen molar-refractivity contribution in [3.63, 3.8) is 0 Å². The standard InChI is InChI=1S/C20H20FN5O2/c1-25-18(7-9-22-25)20(27)26-10-8-14(12-26)13-28-19-6-5-17(23-24-19)15-3-2-4-16(21)11-15/h2-7,9,11,14H,8,10,12-13H2,1H3. The maximum atomic E-state index is 13.3. The van der Waals surface area contributed by atoms with Gasteiger partial charge in [-0.3, -0.25) is 9.48 Å². The summed E-state index contributed by atoms with van der Waals surface area (Å²) in [6.45, 7) is 1.80. The lowest BCUT2D eigenvalue weighted by molar-refractivity contribution is 0.0772. The number of aromatic nitrogens is 4. The van der Waals surface area contributed by atoms with Crippen molar-refractivity contribution in [2.45, 2.75) is 6.42 Å². The molecule has 0 bridgehead atoms. The van der Waals surface area contributed by atoms with Crippen molar-refractivity contribution in [1.29, 1.82) is 0 Å². The van der Waals surface area contributed by atoms with Crippen LogP contribution in [0.25, 0.3) is 11.3 Å². The molecule has 1 aromatic carbocycles. The molecule has 1 fully saturated rings. The van der Waals surface area contributed by atoms with Crippen molar-refractivity contribution in [3.05, 3.63) is 60.2 Å². The van der Waals surface area contributed by atoms with Crippen molar-refractivity contribution in [2.75, 3.05) is 19.7 Å². The van der Waals surface area contributed by atoms with Crippen molar-refractivity contribution >= 4 is 5.91 Å². The molecular formula is C20H20FN5O2. The SMILES string of the molecule is Cn1nccc1C(=O)N1CCC(COc2ccc(-c3cccc(F)c3)nn2)C1. The van der Waals surface area contributed by atoms with Crippen molar-refractivity contribution in [3.8, 4) is 17.1 Å². The summed E-state index contributed by atoms with van der Waals surface area (Å²) in [5.41, 5.74) is 1.83. The molecule has 1 unspecified atom stereocenters. The van der Waals surface area contributed by atoms with E-state index in [0.717, 1.165) is 6.42 Å². The number of rotatable bonds is 5. The van der Waals surface area contributed by atoms with E-state index < -0.39 is 0 Å². The fourth-order valence-electron chi connectivity index (χ4n) is 3.30. The highest BCUT2D eigenvalue weighted by molar-refractivity contribution is 5.92. The summed E-state index contributed by atoms with van der Waals surface area (Å²) >= 11 is 0. The topological polar surface area (TPSA) is 73.1 Å². The van der Waals surface area contributed by atoms with E-state index in [-0.39, 0.29) is 17.6 Å². The van der Waals surface area contributed by atoms with E-state index in [2.05, 4.69) is 15.3 Å². The lowest BCUT2D eigenvalue weighted by Gasteiger charge is -2.16. The molecule has 1 aliphatic rings. The van der Waals surface area contributed by atoms with Gasteiger partial charge in [-0.1, -0.05) is 12.1 Å². The van der Waals surface area contributed by atoms with Crippen LogP contribution >= 0.6 is 0 Å². The van der Waals surface area contributed by atoms with Crippen molar-refractivity contribution in [1.82, 2.24) is 24.9 Å². The first kappa shape index (κ1) is 18.1. The first-order chi connectivity index (χ1) is 13.6. The Morgan fingerprint density at radius 1 is 1.25 bits per heavy atom. The summed E-state index contributed by atoms with van der Waals surface area (Å²) in [7, 11) is 1.76. The molecule has 144 valence electrons. The predicted molar refractivity (Wildman–Crippen MR) is 100 cm³/mol. The molecule has 3 aromatic rings. The van der Waals surface area contributed by atoms with Crippen LogP contribution in [0.1, 0.15) is 16.9 Å². The highest BCUT2D eigenvalue weighted by atomic mass is 19.1. The Labute approximate surface area is 161 Å². The van der Waals surface area contributed by atoms with Gasteiger partial charge in [-0.25, -0.2) is 4.39 Å². The highest BCUT2D eigenvalue weighted by Crippen LogP contribution is 2.21. The van der Waals surface area contributed by atoms with Gasteiger partial charge in [-0.2, -0.15) is 5.10 Å². The molecular weight excluding hydrogens is 361 g/mol. The number of hydrogen-bond donors (Lipinski definition) is 0. The van der Waals surface area contributed by atoms with Crippen molar-refractivity contribution in [2.24, 2.45) is 13.0 Å². The zero-order chi connectivity index (χ0) is 19.5. The highest BCUT2D eigenvalue weighted by Gasteiger charge is 2.28. The molecule has 0 aliphatic carbocycles. The van der Waals surface area contributed by atoms with Crippen LogP contribution in [0.5, 0.6) is 5.88 Å². The van der Waals surface area contributed by atoms with Gasteiger partial charge in [0.1, 0.15) is 11.5 Å². The Morgan fingerprint density at radius 2 is 2.14 bits per heavy atom. The third-order valence-corrected chi connectivity index (χ3v) is 4.84. The molecule has 3 heterocycles. The molecule has 1 amide bonds. The smallest absolute Gasteiger partial charge is 0.272 e. The molecule has 2 aromatic heterocycles. The van der Waals surface area contributed by atoms with Crippen LogP contribution in [0.3, 0.4) is 0 Å². The van der Waals surface area contributed by atoms with E-state index in [1.54, 1.807) is 48.3 Å². The molecule has 8 heteroatoms. The number of likely N-dealkylation sites (tertiary alicyclic amines) is 1. The number of carbonyl (C=O) groups is 1. The van der Waals surface area contributed by atoms with Crippen molar-refractivity contribution < 1.29 is 13.9 Å². The molecule has 1 saturated heterocycles. The van der Waals surface area contributed by atoms with Gasteiger partial charge in [0, 0.05) is 43.9 Å². The van der Waals surface area contributed by atoms with Gasteiger partial charge in [-0.15, -0.1) is 10.2 Å². The van der Waals surface area contributed by atoms with E-state index >= 15 is 0 Å². The molecule has 0 spiro atoms. The first-order valence-electron chi connectivity index (χ1n) is 9.10. The quantitative estimate of drug-likeness (QED) is 0.679. The van der Waals surface area contributed by atoms with E-state index in [4.69, 9.17) is 4.74 Å².